The van der Waals surface area contributed by atoms with Crippen molar-refractivity contribution in [3.05, 3.63) is 59.9 Å². The molecule has 2 N–H and O–H groups in total. The molecule has 0 radical (unpaired) electrons. The van der Waals surface area contributed by atoms with Gasteiger partial charge in [0.15, 0.2) is 0 Å². The Morgan fingerprint density at radius 1 is 1.30 bits per heavy atom. The summed E-state index contributed by atoms with van der Waals surface area (Å²) in [4.78, 5) is 15.6. The van der Waals surface area contributed by atoms with Gasteiger partial charge in [0.25, 0.3) is 5.91 Å². The van der Waals surface area contributed by atoms with E-state index in [1.54, 1.807) is 18.6 Å². The second-order valence-electron chi connectivity index (χ2n) is 4.25. The monoisotopic (exact) mass is 268 g/mol. The van der Waals surface area contributed by atoms with Crippen LogP contribution in [0.5, 0.6) is 0 Å². The maximum absolute atomic E-state index is 11.6. The first kappa shape index (κ1) is 13.7. The molecule has 0 aliphatic heterocycles. The summed E-state index contributed by atoms with van der Waals surface area (Å²) < 4.78 is 0. The van der Waals surface area contributed by atoms with Gasteiger partial charge in [-0.1, -0.05) is 24.3 Å². The molecule has 1 aromatic heterocycles. The molecule has 1 heterocycles. The molecule has 0 bridgehead atoms. The third kappa shape index (κ3) is 4.20. The third-order valence-electron chi connectivity index (χ3n) is 2.67. The van der Waals surface area contributed by atoms with Crippen molar-refractivity contribution in [1.29, 1.82) is 0 Å². The number of hydrogen-bond acceptors (Lipinski definition) is 4. The summed E-state index contributed by atoms with van der Waals surface area (Å²) in [7, 11) is 0. The lowest BCUT2D eigenvalue weighted by Gasteiger charge is -2.07. The summed E-state index contributed by atoms with van der Waals surface area (Å²) in [5, 5.41) is 6.93. The zero-order valence-electron chi connectivity index (χ0n) is 11.2. The van der Waals surface area contributed by atoms with Crippen LogP contribution in [0.2, 0.25) is 0 Å². The van der Waals surface area contributed by atoms with E-state index in [1.807, 2.05) is 43.3 Å². The number of benzene rings is 1. The molecule has 2 rings (SSSR count). The van der Waals surface area contributed by atoms with E-state index in [1.165, 1.54) is 0 Å². The molecule has 1 amide bonds. The first-order valence-electron chi connectivity index (χ1n) is 6.27. The van der Waals surface area contributed by atoms with Crippen LogP contribution in [-0.2, 0) is 4.79 Å². The maximum atomic E-state index is 11.6. The van der Waals surface area contributed by atoms with Crippen LogP contribution in [0.25, 0.3) is 0 Å². The van der Waals surface area contributed by atoms with Gasteiger partial charge in [-0.3, -0.25) is 9.78 Å². The number of carbonyl (C=O) groups is 1. The minimum atomic E-state index is -0.201. The summed E-state index contributed by atoms with van der Waals surface area (Å²) >= 11 is 0. The number of rotatable bonds is 5. The van der Waals surface area contributed by atoms with Gasteiger partial charge >= 0.3 is 0 Å². The third-order valence-corrected chi connectivity index (χ3v) is 2.67. The van der Waals surface area contributed by atoms with Crippen molar-refractivity contribution in [2.24, 2.45) is 5.10 Å². The quantitative estimate of drug-likeness (QED) is 0.643. The van der Waals surface area contributed by atoms with Gasteiger partial charge < -0.3 is 5.32 Å². The highest BCUT2D eigenvalue weighted by molar-refractivity contribution is 5.84. The maximum Gasteiger partial charge on any atom is 0.259 e. The predicted octanol–water partition coefficient (Wildman–Crippen LogP) is 1.95. The fourth-order valence-corrected chi connectivity index (χ4v) is 1.62. The molecule has 0 saturated carbocycles. The summed E-state index contributed by atoms with van der Waals surface area (Å²) in [6.07, 6.45) is 4.90. The molecule has 20 heavy (non-hydrogen) atoms. The van der Waals surface area contributed by atoms with Gasteiger partial charge in [-0.05, 0) is 24.6 Å². The summed E-state index contributed by atoms with van der Waals surface area (Å²) in [6, 6.07) is 11.5. The lowest BCUT2D eigenvalue weighted by atomic mass is 10.2. The highest BCUT2D eigenvalue weighted by Gasteiger charge is 2.00. The van der Waals surface area contributed by atoms with Crippen LogP contribution in [0.3, 0.4) is 0 Å². The normalized spacial score (nSPS) is 10.4. The standard InChI is InChI=1S/C15H16N4O/c1-12-5-2-3-7-14(12)17-11-15(20)19-18-10-13-6-4-8-16-9-13/h2-10,17H,11H2,1H3,(H,19,20). The number of nitrogens with one attached hydrogen (secondary N) is 2. The first-order chi connectivity index (χ1) is 9.75. The van der Waals surface area contributed by atoms with Crippen molar-refractivity contribution in [1.82, 2.24) is 10.4 Å². The Labute approximate surface area is 117 Å². The number of aryl methyl sites for hydroxylation is 1. The molecule has 0 aliphatic carbocycles. The van der Waals surface area contributed by atoms with E-state index >= 15 is 0 Å². The number of para-hydroxylation sites is 1. The van der Waals surface area contributed by atoms with E-state index in [9.17, 15) is 4.79 Å². The predicted molar refractivity (Wildman–Crippen MR) is 79.6 cm³/mol. The molecule has 1 aromatic carbocycles. The molecule has 0 unspecified atom stereocenters. The molecule has 5 heteroatoms. The average molecular weight is 268 g/mol. The van der Waals surface area contributed by atoms with Crippen molar-refractivity contribution in [3.8, 4) is 0 Å². The number of hydrazone groups is 1. The second kappa shape index (κ2) is 7.04. The Morgan fingerprint density at radius 2 is 2.15 bits per heavy atom. The van der Waals surface area contributed by atoms with Gasteiger partial charge in [-0.2, -0.15) is 5.10 Å². The molecule has 2 aromatic rings. The van der Waals surface area contributed by atoms with Gasteiger partial charge in [0, 0.05) is 23.6 Å². The topological polar surface area (TPSA) is 66.4 Å². The molecule has 0 atom stereocenters. The molecular formula is C15H16N4O. The van der Waals surface area contributed by atoms with Crippen LogP contribution in [0.1, 0.15) is 11.1 Å². The Hall–Kier alpha value is -2.69. The van der Waals surface area contributed by atoms with E-state index in [0.29, 0.717) is 0 Å². The van der Waals surface area contributed by atoms with E-state index in [-0.39, 0.29) is 12.5 Å². The molecule has 5 nitrogen and oxygen atoms in total. The van der Waals surface area contributed by atoms with Crippen LogP contribution < -0.4 is 10.7 Å². The smallest absolute Gasteiger partial charge is 0.259 e. The average Bonchev–Trinajstić information content (AvgIpc) is 2.47. The number of hydrogen-bond donors (Lipinski definition) is 2. The lowest BCUT2D eigenvalue weighted by molar-refractivity contribution is -0.119. The van der Waals surface area contributed by atoms with Crippen molar-refractivity contribution in [2.45, 2.75) is 6.92 Å². The van der Waals surface area contributed by atoms with Crippen LogP contribution in [0, 0.1) is 6.92 Å². The van der Waals surface area contributed by atoms with E-state index < -0.39 is 0 Å². The van der Waals surface area contributed by atoms with E-state index in [0.717, 1.165) is 16.8 Å². The number of nitrogens with zero attached hydrogens (tertiary/aromatic N) is 2. The summed E-state index contributed by atoms with van der Waals surface area (Å²) in [6.45, 7) is 2.16. The highest BCUT2D eigenvalue weighted by Crippen LogP contribution is 2.12. The lowest BCUT2D eigenvalue weighted by Crippen LogP contribution is -2.26. The Balaban J connectivity index is 1.79. The molecule has 0 fully saturated rings. The van der Waals surface area contributed by atoms with Gasteiger partial charge in [0.2, 0.25) is 0 Å². The van der Waals surface area contributed by atoms with Crippen LogP contribution in [0.15, 0.2) is 53.9 Å². The fraction of sp³-hybridized carbons (Fsp3) is 0.133. The van der Waals surface area contributed by atoms with Crippen LogP contribution in [-0.4, -0.2) is 23.7 Å². The number of aromatic nitrogens is 1. The van der Waals surface area contributed by atoms with Crippen molar-refractivity contribution < 1.29 is 4.79 Å². The summed E-state index contributed by atoms with van der Waals surface area (Å²) in [5.74, 6) is -0.201. The SMILES string of the molecule is Cc1ccccc1NCC(=O)NN=Cc1cccnc1. The minimum Gasteiger partial charge on any atom is -0.376 e. The largest absolute Gasteiger partial charge is 0.376 e. The zero-order chi connectivity index (χ0) is 14.2. The molecule has 102 valence electrons. The molecule has 0 aliphatic rings. The number of carbonyl (C=O) groups excluding carboxylic acids is 1. The molecule has 0 saturated heterocycles. The van der Waals surface area contributed by atoms with Gasteiger partial charge in [0.1, 0.15) is 0 Å². The first-order valence-corrected chi connectivity index (χ1v) is 6.27. The molecule has 0 spiro atoms. The summed E-state index contributed by atoms with van der Waals surface area (Å²) in [5.41, 5.74) is 5.33. The van der Waals surface area contributed by atoms with E-state index in [4.69, 9.17) is 0 Å². The fourth-order valence-electron chi connectivity index (χ4n) is 1.62. The van der Waals surface area contributed by atoms with Gasteiger partial charge in [-0.25, -0.2) is 5.43 Å². The number of anilines is 1. The minimum absolute atomic E-state index is 0.176. The number of pyridine rings is 1. The molecular weight excluding hydrogens is 252 g/mol. The van der Waals surface area contributed by atoms with Crippen molar-refractivity contribution in [3.63, 3.8) is 0 Å². The Bertz CT molecular complexity index is 596. The second-order valence-corrected chi connectivity index (χ2v) is 4.25. The Morgan fingerprint density at radius 3 is 2.90 bits per heavy atom. The van der Waals surface area contributed by atoms with E-state index in [2.05, 4.69) is 20.8 Å². The van der Waals surface area contributed by atoms with Crippen LogP contribution in [0.4, 0.5) is 5.69 Å². The Kier molecular flexibility index (Phi) is 4.83. The van der Waals surface area contributed by atoms with Crippen molar-refractivity contribution >= 4 is 17.8 Å². The number of amides is 1. The van der Waals surface area contributed by atoms with Gasteiger partial charge in [0.05, 0.1) is 12.8 Å². The van der Waals surface area contributed by atoms with Crippen LogP contribution >= 0.6 is 0 Å². The zero-order valence-corrected chi connectivity index (χ0v) is 11.2. The van der Waals surface area contributed by atoms with Crippen molar-refractivity contribution in [2.75, 3.05) is 11.9 Å². The van der Waals surface area contributed by atoms with Gasteiger partial charge in [-0.15, -0.1) is 0 Å². The highest BCUT2D eigenvalue weighted by atomic mass is 16.2.